The Morgan fingerprint density at radius 2 is 1.78 bits per heavy atom. The van der Waals surface area contributed by atoms with E-state index in [-0.39, 0.29) is 30.1 Å². The molecule has 1 aromatic carbocycles. The third-order valence-electron chi connectivity index (χ3n) is 9.20. The Morgan fingerprint density at radius 1 is 1.08 bits per heavy atom. The molecule has 4 aliphatic carbocycles. The predicted octanol–water partition coefficient (Wildman–Crippen LogP) is 5.24. The molecular formula is C30H39N3O3S. The van der Waals surface area contributed by atoms with E-state index in [1.54, 1.807) is 23.3 Å². The average Bonchev–Trinajstić information content (AvgIpc) is 3.36. The van der Waals surface area contributed by atoms with Gasteiger partial charge in [-0.05, 0) is 91.7 Å². The van der Waals surface area contributed by atoms with Crippen LogP contribution in [0.15, 0.2) is 41.8 Å². The van der Waals surface area contributed by atoms with Crippen molar-refractivity contribution in [1.82, 2.24) is 15.1 Å². The summed E-state index contributed by atoms with van der Waals surface area (Å²) in [4.78, 5) is 32.8. The molecule has 4 saturated carbocycles. The second-order valence-electron chi connectivity index (χ2n) is 11.8. The first-order valence-corrected chi connectivity index (χ1v) is 14.9. The van der Waals surface area contributed by atoms with E-state index in [1.807, 2.05) is 23.1 Å². The number of hydrogen-bond donors (Lipinski definition) is 1. The van der Waals surface area contributed by atoms with Crippen molar-refractivity contribution < 1.29 is 14.3 Å². The number of carbonyl (C=O) groups is 2. The molecule has 1 aromatic heterocycles. The van der Waals surface area contributed by atoms with Crippen LogP contribution in [0.1, 0.15) is 67.0 Å². The van der Waals surface area contributed by atoms with E-state index >= 15 is 0 Å². The molecule has 1 unspecified atom stereocenters. The van der Waals surface area contributed by atoms with Crippen LogP contribution in [0.25, 0.3) is 0 Å². The molecule has 1 aliphatic heterocycles. The summed E-state index contributed by atoms with van der Waals surface area (Å²) in [6.07, 6.45) is 8.91. The maximum Gasteiger partial charge on any atom is 0.318 e. The first-order chi connectivity index (χ1) is 18.0. The number of urea groups is 1. The van der Waals surface area contributed by atoms with Crippen molar-refractivity contribution in [1.29, 1.82) is 0 Å². The summed E-state index contributed by atoms with van der Waals surface area (Å²) in [7, 11) is 1.68. The highest BCUT2D eigenvalue weighted by molar-refractivity contribution is 7.10. The maximum absolute atomic E-state index is 13.9. The lowest BCUT2D eigenvalue weighted by Crippen LogP contribution is -2.62. The number of carbonyl (C=O) groups excluding carboxylic acids is 2. The van der Waals surface area contributed by atoms with Crippen LogP contribution in [-0.4, -0.2) is 60.6 Å². The van der Waals surface area contributed by atoms with E-state index in [9.17, 15) is 9.59 Å². The second-order valence-corrected chi connectivity index (χ2v) is 12.8. The van der Waals surface area contributed by atoms with Gasteiger partial charge in [-0.15, -0.1) is 11.3 Å². The molecule has 6 nitrogen and oxygen atoms in total. The lowest BCUT2D eigenvalue weighted by atomic mass is 9.53. The van der Waals surface area contributed by atoms with E-state index < -0.39 is 0 Å². The van der Waals surface area contributed by atoms with Crippen molar-refractivity contribution in [3.05, 3.63) is 57.8 Å². The van der Waals surface area contributed by atoms with E-state index in [1.165, 1.54) is 29.7 Å². The molecule has 2 aromatic rings. The number of amides is 3. The van der Waals surface area contributed by atoms with Crippen molar-refractivity contribution in [2.45, 2.75) is 62.9 Å². The van der Waals surface area contributed by atoms with Gasteiger partial charge in [0.15, 0.2) is 0 Å². The standard InChI is InChI=1S/C30H39N3O3S/c1-36-12-5-10-32(29(35)31-30-17-21-14-22(18-30)16-23(15-21)19-30)20-27(34)33-11-8-26-25(9-13-37-26)28(33)24-6-3-2-4-7-24/h2-4,6-7,9,13,21-23,28H,5,8,10-12,14-20H2,1H3,(H,31,35). The van der Waals surface area contributed by atoms with Crippen molar-refractivity contribution >= 4 is 23.3 Å². The van der Waals surface area contributed by atoms with Crippen molar-refractivity contribution in [3.63, 3.8) is 0 Å². The zero-order chi connectivity index (χ0) is 25.4. The molecule has 1 N–H and O–H groups in total. The number of ether oxygens (including phenoxy) is 1. The van der Waals surface area contributed by atoms with E-state index in [2.05, 4.69) is 28.9 Å². The summed E-state index contributed by atoms with van der Waals surface area (Å²) in [5.41, 5.74) is 2.27. The smallest absolute Gasteiger partial charge is 0.318 e. The molecule has 0 saturated heterocycles. The van der Waals surface area contributed by atoms with Gasteiger partial charge in [0.05, 0.1) is 6.04 Å². The molecule has 37 heavy (non-hydrogen) atoms. The first kappa shape index (κ1) is 24.9. The number of hydrogen-bond acceptors (Lipinski definition) is 4. The number of rotatable bonds is 8. The number of methoxy groups -OCH3 is 1. The lowest BCUT2D eigenvalue weighted by Gasteiger charge is -2.57. The maximum atomic E-state index is 13.9. The predicted molar refractivity (Wildman–Crippen MR) is 146 cm³/mol. The SMILES string of the molecule is COCCCN(CC(=O)N1CCc2sccc2C1c1ccccc1)C(=O)NC12CC3CC(CC(C3)C1)C2. The van der Waals surface area contributed by atoms with Gasteiger partial charge < -0.3 is 19.9 Å². The van der Waals surface area contributed by atoms with Gasteiger partial charge in [0.25, 0.3) is 0 Å². The Balaban J connectivity index is 1.20. The van der Waals surface area contributed by atoms with Gasteiger partial charge in [-0.25, -0.2) is 4.79 Å². The molecule has 7 rings (SSSR count). The minimum Gasteiger partial charge on any atom is -0.385 e. The summed E-state index contributed by atoms with van der Waals surface area (Å²) in [6.45, 7) is 1.87. The van der Waals surface area contributed by atoms with Crippen molar-refractivity contribution in [2.24, 2.45) is 17.8 Å². The van der Waals surface area contributed by atoms with E-state index in [0.29, 0.717) is 19.7 Å². The number of nitrogens with one attached hydrogen (secondary N) is 1. The minimum atomic E-state index is -0.101. The number of benzene rings is 1. The highest BCUT2D eigenvalue weighted by atomic mass is 32.1. The van der Waals surface area contributed by atoms with Crippen LogP contribution in [0, 0.1) is 17.8 Å². The summed E-state index contributed by atoms with van der Waals surface area (Å²) in [5.74, 6) is 2.29. The number of thiophene rings is 1. The average molecular weight is 522 g/mol. The van der Waals surface area contributed by atoms with Crippen LogP contribution in [0.2, 0.25) is 0 Å². The quantitative estimate of drug-likeness (QED) is 0.484. The Hall–Kier alpha value is -2.38. The summed E-state index contributed by atoms with van der Waals surface area (Å²) in [6, 6.07) is 12.3. The third kappa shape index (κ3) is 5.05. The first-order valence-electron chi connectivity index (χ1n) is 14.0. The fourth-order valence-corrected chi connectivity index (χ4v) is 8.96. The van der Waals surface area contributed by atoms with Crippen LogP contribution < -0.4 is 5.32 Å². The summed E-state index contributed by atoms with van der Waals surface area (Å²) in [5, 5.41) is 5.62. The minimum absolute atomic E-state index is 0.0174. The van der Waals surface area contributed by atoms with Crippen LogP contribution in [0.4, 0.5) is 4.79 Å². The van der Waals surface area contributed by atoms with E-state index in [4.69, 9.17) is 4.74 Å². The fourth-order valence-electron chi connectivity index (χ4n) is 8.06. The highest BCUT2D eigenvalue weighted by Crippen LogP contribution is 2.55. The molecule has 3 amide bonds. The molecule has 7 heteroatoms. The van der Waals surface area contributed by atoms with Gasteiger partial charge >= 0.3 is 6.03 Å². The molecule has 0 radical (unpaired) electrons. The number of nitrogens with zero attached hydrogens (tertiary/aromatic N) is 2. The molecule has 4 fully saturated rings. The van der Waals surface area contributed by atoms with Crippen LogP contribution in [-0.2, 0) is 16.0 Å². The molecule has 2 heterocycles. The Labute approximate surface area is 224 Å². The number of fused-ring (bicyclic) bond motifs is 1. The van der Waals surface area contributed by atoms with Gasteiger partial charge in [-0.1, -0.05) is 30.3 Å². The normalized spacial score (nSPS) is 29.7. The molecule has 4 bridgehead atoms. The molecule has 0 spiro atoms. The van der Waals surface area contributed by atoms with Gasteiger partial charge in [-0.2, -0.15) is 0 Å². The fraction of sp³-hybridized carbons (Fsp3) is 0.600. The van der Waals surface area contributed by atoms with Crippen LogP contribution in [0.3, 0.4) is 0 Å². The summed E-state index contributed by atoms with van der Waals surface area (Å²) >= 11 is 1.77. The zero-order valence-electron chi connectivity index (χ0n) is 21.9. The van der Waals surface area contributed by atoms with Crippen LogP contribution >= 0.6 is 11.3 Å². The molecule has 198 valence electrons. The van der Waals surface area contributed by atoms with Gasteiger partial charge in [0.1, 0.15) is 6.54 Å². The largest absolute Gasteiger partial charge is 0.385 e. The van der Waals surface area contributed by atoms with Crippen molar-refractivity contribution in [2.75, 3.05) is 33.4 Å². The lowest BCUT2D eigenvalue weighted by molar-refractivity contribution is -0.134. The second kappa shape index (κ2) is 10.4. The van der Waals surface area contributed by atoms with Gasteiger partial charge in [0, 0.05) is 37.2 Å². The third-order valence-corrected chi connectivity index (χ3v) is 10.2. The summed E-state index contributed by atoms with van der Waals surface area (Å²) < 4.78 is 5.28. The Morgan fingerprint density at radius 3 is 2.46 bits per heavy atom. The van der Waals surface area contributed by atoms with Gasteiger partial charge in [0.2, 0.25) is 5.91 Å². The van der Waals surface area contributed by atoms with Crippen molar-refractivity contribution in [3.8, 4) is 0 Å². The highest BCUT2D eigenvalue weighted by Gasteiger charge is 2.52. The molecule has 5 aliphatic rings. The topological polar surface area (TPSA) is 61.9 Å². The Bertz CT molecular complexity index is 1080. The monoisotopic (exact) mass is 521 g/mol. The van der Waals surface area contributed by atoms with E-state index in [0.717, 1.165) is 55.4 Å². The van der Waals surface area contributed by atoms with Gasteiger partial charge in [-0.3, -0.25) is 4.79 Å². The Kier molecular flexibility index (Phi) is 7.01. The molecule has 1 atom stereocenters. The van der Waals surface area contributed by atoms with Crippen LogP contribution in [0.5, 0.6) is 0 Å². The molecular weight excluding hydrogens is 482 g/mol. The zero-order valence-corrected chi connectivity index (χ0v) is 22.7.